The fourth-order valence-electron chi connectivity index (χ4n) is 4.05. The molecule has 10 nitrogen and oxygen atoms in total. The van der Waals surface area contributed by atoms with Crippen LogP contribution < -0.4 is 21.3 Å². The standard InChI is InChI=1S/C25H34N4O6.2ClH/c1-2-35-15-16-3-6-19(32)23-20(16)24(33)21-17(28-9-7-26-11-13-30)4-5-18(22(21)25(23)34)29-10-8-27-12-14-31;;/h3-6,26-32H,2,7-15H2,1H3;2*1H. The van der Waals surface area contributed by atoms with Gasteiger partial charge in [0.25, 0.3) is 0 Å². The molecule has 12 heteroatoms. The predicted molar refractivity (Wildman–Crippen MR) is 148 cm³/mol. The molecule has 0 unspecified atom stereocenters. The van der Waals surface area contributed by atoms with Gasteiger partial charge in [0.2, 0.25) is 0 Å². The van der Waals surface area contributed by atoms with Gasteiger partial charge in [0.05, 0.1) is 36.5 Å². The third-order valence-electron chi connectivity index (χ3n) is 5.66. The Morgan fingerprint density at radius 1 is 0.703 bits per heavy atom. The van der Waals surface area contributed by atoms with Crippen LogP contribution in [0.25, 0.3) is 0 Å². The molecular weight excluding hydrogens is 523 g/mol. The molecule has 2 aromatic carbocycles. The van der Waals surface area contributed by atoms with Crippen molar-refractivity contribution < 1.29 is 29.6 Å². The number of anilines is 2. The maximum atomic E-state index is 13.8. The van der Waals surface area contributed by atoms with Gasteiger partial charge in [0, 0.05) is 62.8 Å². The molecule has 0 aromatic heterocycles. The largest absolute Gasteiger partial charge is 0.507 e. The maximum Gasteiger partial charge on any atom is 0.200 e. The van der Waals surface area contributed by atoms with E-state index in [9.17, 15) is 14.7 Å². The van der Waals surface area contributed by atoms with Crippen LogP contribution in [-0.2, 0) is 11.3 Å². The summed E-state index contributed by atoms with van der Waals surface area (Å²) in [6.07, 6.45) is 0. The molecule has 0 amide bonds. The monoisotopic (exact) mass is 558 g/mol. The van der Waals surface area contributed by atoms with Crippen molar-refractivity contribution in [1.82, 2.24) is 10.6 Å². The van der Waals surface area contributed by atoms with Crippen LogP contribution in [-0.4, -0.2) is 86.0 Å². The first-order chi connectivity index (χ1) is 17.0. The Labute approximate surface area is 229 Å². The minimum absolute atomic E-state index is 0. The van der Waals surface area contributed by atoms with E-state index in [1.165, 1.54) is 6.07 Å². The minimum Gasteiger partial charge on any atom is -0.507 e. The summed E-state index contributed by atoms with van der Waals surface area (Å²) in [4.78, 5) is 27.6. The van der Waals surface area contributed by atoms with Crippen molar-refractivity contribution in [3.8, 4) is 5.75 Å². The van der Waals surface area contributed by atoms with Crippen LogP contribution >= 0.6 is 24.8 Å². The van der Waals surface area contributed by atoms with Gasteiger partial charge in [-0.25, -0.2) is 0 Å². The number of aliphatic hydroxyl groups is 2. The highest BCUT2D eigenvalue weighted by Crippen LogP contribution is 2.40. The number of halogens is 2. The predicted octanol–water partition coefficient (Wildman–Crippen LogP) is 1.54. The normalized spacial score (nSPS) is 11.8. The zero-order valence-corrected chi connectivity index (χ0v) is 22.4. The number of carbonyl (C=O) groups excluding carboxylic acids is 2. The second kappa shape index (κ2) is 16.4. The fraction of sp³-hybridized carbons (Fsp3) is 0.440. The Morgan fingerprint density at radius 3 is 1.70 bits per heavy atom. The highest BCUT2D eigenvalue weighted by molar-refractivity contribution is 6.33. The Balaban J connectivity index is 0.00000342. The summed E-state index contributed by atoms with van der Waals surface area (Å²) in [6.45, 7) is 5.45. The average molecular weight is 559 g/mol. The van der Waals surface area contributed by atoms with Crippen molar-refractivity contribution >= 4 is 47.8 Å². The van der Waals surface area contributed by atoms with E-state index in [0.717, 1.165) is 0 Å². The summed E-state index contributed by atoms with van der Waals surface area (Å²) in [5.74, 6) is -1.03. The molecule has 1 aliphatic carbocycles. The molecule has 0 aliphatic heterocycles. The molecule has 3 rings (SSSR count). The molecular formula is C25H36Cl2N4O6. The number of aliphatic hydroxyl groups excluding tert-OH is 2. The lowest BCUT2D eigenvalue weighted by molar-refractivity contribution is 0.0969. The molecule has 0 saturated carbocycles. The highest BCUT2D eigenvalue weighted by atomic mass is 35.5. The fourth-order valence-corrected chi connectivity index (χ4v) is 4.05. The smallest absolute Gasteiger partial charge is 0.200 e. The number of hydrogen-bond donors (Lipinski definition) is 7. The number of benzene rings is 2. The number of carbonyl (C=O) groups is 2. The number of ketones is 2. The van der Waals surface area contributed by atoms with Crippen molar-refractivity contribution in [2.75, 3.05) is 69.7 Å². The lowest BCUT2D eigenvalue weighted by atomic mass is 9.79. The third-order valence-corrected chi connectivity index (χ3v) is 5.66. The first-order valence-electron chi connectivity index (χ1n) is 11.8. The van der Waals surface area contributed by atoms with Crippen LogP contribution in [0.1, 0.15) is 44.3 Å². The molecule has 1 aliphatic rings. The van der Waals surface area contributed by atoms with E-state index in [2.05, 4.69) is 21.3 Å². The second-order valence-electron chi connectivity index (χ2n) is 8.00. The molecule has 0 fully saturated rings. The van der Waals surface area contributed by atoms with E-state index < -0.39 is 5.78 Å². The van der Waals surface area contributed by atoms with Crippen molar-refractivity contribution in [3.63, 3.8) is 0 Å². The SMILES string of the molecule is CCOCc1ccc(O)c2c1C(=O)c1c(NCCNCCO)ccc(NCCNCCO)c1C2=O.Cl.Cl. The van der Waals surface area contributed by atoms with Crippen LogP contribution in [0.15, 0.2) is 24.3 Å². The Morgan fingerprint density at radius 2 is 1.22 bits per heavy atom. The zero-order chi connectivity index (χ0) is 25.2. The molecule has 0 radical (unpaired) electrons. The van der Waals surface area contributed by atoms with E-state index in [4.69, 9.17) is 14.9 Å². The summed E-state index contributed by atoms with van der Waals surface area (Å²) < 4.78 is 5.51. The number of phenolic OH excluding ortho intramolecular Hbond substituents is 1. The van der Waals surface area contributed by atoms with Crippen molar-refractivity contribution in [3.05, 3.63) is 52.1 Å². The minimum atomic E-state index is -0.432. The molecule has 0 saturated heterocycles. The zero-order valence-electron chi connectivity index (χ0n) is 20.8. The first kappa shape index (κ1) is 32.6. The Kier molecular flexibility index (Phi) is 14.5. The summed E-state index contributed by atoms with van der Waals surface area (Å²) in [5.41, 5.74) is 2.17. The van der Waals surface area contributed by atoms with Gasteiger partial charge in [-0.05, 0) is 30.7 Å². The molecule has 0 bridgehead atoms. The molecule has 37 heavy (non-hydrogen) atoms. The second-order valence-corrected chi connectivity index (χ2v) is 8.00. The Bertz CT molecular complexity index is 1050. The summed E-state index contributed by atoms with van der Waals surface area (Å²) >= 11 is 0. The number of phenols is 1. The molecule has 2 aromatic rings. The average Bonchev–Trinajstić information content (AvgIpc) is 2.86. The van der Waals surface area contributed by atoms with E-state index >= 15 is 0 Å². The van der Waals surface area contributed by atoms with Gasteiger partial charge in [-0.3, -0.25) is 9.59 Å². The van der Waals surface area contributed by atoms with E-state index in [-0.39, 0.29) is 78.4 Å². The number of rotatable bonds is 15. The quantitative estimate of drug-likeness (QED) is 0.137. The van der Waals surface area contributed by atoms with Gasteiger partial charge < -0.3 is 41.3 Å². The van der Waals surface area contributed by atoms with Gasteiger partial charge in [0.1, 0.15) is 5.75 Å². The first-order valence-corrected chi connectivity index (χ1v) is 11.8. The summed E-state index contributed by atoms with van der Waals surface area (Å²) in [6, 6.07) is 6.53. The Hall–Kier alpha value is -2.44. The number of hydrogen-bond acceptors (Lipinski definition) is 10. The number of aromatic hydroxyl groups is 1. The van der Waals surface area contributed by atoms with E-state index in [1.807, 2.05) is 6.92 Å². The van der Waals surface area contributed by atoms with Crippen LogP contribution in [0.5, 0.6) is 5.75 Å². The van der Waals surface area contributed by atoms with Gasteiger partial charge >= 0.3 is 0 Å². The van der Waals surface area contributed by atoms with Crippen molar-refractivity contribution in [2.45, 2.75) is 13.5 Å². The van der Waals surface area contributed by atoms with Crippen LogP contribution in [0, 0.1) is 0 Å². The topological polar surface area (TPSA) is 152 Å². The number of nitrogens with one attached hydrogen (secondary N) is 4. The molecule has 206 valence electrons. The summed E-state index contributed by atoms with van der Waals surface area (Å²) in [7, 11) is 0. The van der Waals surface area contributed by atoms with Crippen LogP contribution in [0.2, 0.25) is 0 Å². The van der Waals surface area contributed by atoms with Crippen molar-refractivity contribution in [2.24, 2.45) is 0 Å². The molecule has 0 atom stereocenters. The van der Waals surface area contributed by atoms with E-state index in [1.54, 1.807) is 18.2 Å². The summed E-state index contributed by atoms with van der Waals surface area (Å²) in [5, 5.41) is 41.0. The lowest BCUT2D eigenvalue weighted by Gasteiger charge is -2.26. The van der Waals surface area contributed by atoms with Crippen LogP contribution in [0.4, 0.5) is 11.4 Å². The van der Waals surface area contributed by atoms with Crippen LogP contribution in [0.3, 0.4) is 0 Å². The third kappa shape index (κ3) is 7.78. The van der Waals surface area contributed by atoms with Gasteiger partial charge in [-0.15, -0.1) is 24.8 Å². The van der Waals surface area contributed by atoms with Gasteiger partial charge in [-0.2, -0.15) is 0 Å². The number of fused-ring (bicyclic) bond motifs is 2. The van der Waals surface area contributed by atoms with E-state index in [0.29, 0.717) is 62.8 Å². The van der Waals surface area contributed by atoms with Gasteiger partial charge in [0.15, 0.2) is 11.6 Å². The maximum absolute atomic E-state index is 13.8. The van der Waals surface area contributed by atoms with Crippen molar-refractivity contribution in [1.29, 1.82) is 0 Å². The molecule has 0 spiro atoms. The molecule has 0 heterocycles. The van der Waals surface area contributed by atoms with Gasteiger partial charge in [-0.1, -0.05) is 6.07 Å². The lowest BCUT2D eigenvalue weighted by Crippen LogP contribution is -2.29. The highest BCUT2D eigenvalue weighted by Gasteiger charge is 2.37. The molecule has 7 N–H and O–H groups in total. The number of ether oxygens (including phenoxy) is 1.